The number of aromatic nitrogens is 3. The molecule has 2 aromatic rings. The van der Waals surface area contributed by atoms with Crippen molar-refractivity contribution >= 4 is 5.91 Å². The summed E-state index contributed by atoms with van der Waals surface area (Å²) >= 11 is 0. The van der Waals surface area contributed by atoms with Crippen molar-refractivity contribution in [2.24, 2.45) is 5.92 Å². The maximum Gasteiger partial charge on any atom is 0.222 e. The van der Waals surface area contributed by atoms with Crippen molar-refractivity contribution in [3.05, 3.63) is 41.7 Å². The van der Waals surface area contributed by atoms with Crippen LogP contribution in [0.15, 0.2) is 30.5 Å². The lowest BCUT2D eigenvalue weighted by molar-refractivity contribution is -0.136. The van der Waals surface area contributed by atoms with Gasteiger partial charge in [-0.3, -0.25) is 9.69 Å². The number of fused-ring (bicyclic) bond motifs is 1. The lowest BCUT2D eigenvalue weighted by atomic mass is 10.0. The highest BCUT2D eigenvalue weighted by Gasteiger charge is 2.28. The van der Waals surface area contributed by atoms with Crippen molar-refractivity contribution in [1.29, 1.82) is 0 Å². The molecular weight excluding hydrogens is 410 g/mol. The lowest BCUT2D eigenvalue weighted by Gasteiger charge is -2.35. The number of ether oxygens (including phenoxy) is 1. The minimum absolute atomic E-state index is 0.0296. The van der Waals surface area contributed by atoms with Gasteiger partial charge in [0.2, 0.25) is 5.91 Å². The molecule has 9 heteroatoms. The number of likely N-dealkylation sites (N-methyl/N-ethyl adjacent to an activating group) is 1. The topological polar surface area (TPSA) is 104 Å². The van der Waals surface area contributed by atoms with E-state index in [1.807, 2.05) is 32.2 Å². The number of para-hydroxylation sites is 1. The van der Waals surface area contributed by atoms with Crippen LogP contribution in [-0.4, -0.2) is 79.8 Å². The van der Waals surface area contributed by atoms with Crippen LogP contribution < -0.4 is 0 Å². The van der Waals surface area contributed by atoms with Gasteiger partial charge in [-0.25, -0.2) is 4.68 Å². The molecule has 176 valence electrons. The van der Waals surface area contributed by atoms with Gasteiger partial charge in [-0.15, -0.1) is 5.10 Å². The first-order valence-corrected chi connectivity index (χ1v) is 11.2. The van der Waals surface area contributed by atoms with E-state index in [1.54, 1.807) is 21.8 Å². The first-order chi connectivity index (χ1) is 15.4. The molecule has 32 heavy (non-hydrogen) atoms. The van der Waals surface area contributed by atoms with E-state index >= 15 is 0 Å². The number of carbonyl (C=O) groups is 1. The van der Waals surface area contributed by atoms with Gasteiger partial charge in [0.25, 0.3) is 0 Å². The van der Waals surface area contributed by atoms with E-state index in [-0.39, 0.29) is 36.3 Å². The summed E-state index contributed by atoms with van der Waals surface area (Å²) < 4.78 is 8.14. The highest BCUT2D eigenvalue weighted by atomic mass is 16.5. The third kappa shape index (κ3) is 6.27. The van der Waals surface area contributed by atoms with Gasteiger partial charge >= 0.3 is 0 Å². The Hall–Kier alpha value is -2.49. The monoisotopic (exact) mass is 445 g/mol. The molecule has 9 nitrogen and oxygen atoms in total. The van der Waals surface area contributed by atoms with Gasteiger partial charge in [0, 0.05) is 44.1 Å². The van der Waals surface area contributed by atoms with Crippen LogP contribution in [0.25, 0.3) is 0 Å². The first kappa shape index (κ1) is 24.2. The Balaban J connectivity index is 1.78. The number of rotatable bonds is 6. The molecule has 0 bridgehead atoms. The van der Waals surface area contributed by atoms with Gasteiger partial charge in [-0.1, -0.05) is 30.3 Å². The molecular formula is C23H35N5O4. The molecule has 0 unspecified atom stereocenters. The van der Waals surface area contributed by atoms with Crippen LogP contribution in [0, 0.1) is 5.92 Å². The Bertz CT molecular complexity index is 874. The zero-order valence-corrected chi connectivity index (χ0v) is 19.2. The van der Waals surface area contributed by atoms with Crippen LogP contribution in [-0.2, 0) is 29.2 Å². The summed E-state index contributed by atoms with van der Waals surface area (Å²) in [6, 6.07) is 7.06. The van der Waals surface area contributed by atoms with Crippen molar-refractivity contribution in [1.82, 2.24) is 24.8 Å². The number of phenols is 1. The maximum absolute atomic E-state index is 12.9. The van der Waals surface area contributed by atoms with Crippen molar-refractivity contribution in [2.75, 3.05) is 26.7 Å². The summed E-state index contributed by atoms with van der Waals surface area (Å²) in [7, 11) is 1.99. The zero-order valence-electron chi connectivity index (χ0n) is 19.2. The van der Waals surface area contributed by atoms with E-state index in [4.69, 9.17) is 4.74 Å². The molecule has 0 radical (unpaired) electrons. The number of aromatic hydroxyl groups is 1. The summed E-state index contributed by atoms with van der Waals surface area (Å²) in [6.07, 6.45) is 2.59. The van der Waals surface area contributed by atoms with Gasteiger partial charge in [0.15, 0.2) is 0 Å². The fourth-order valence-corrected chi connectivity index (χ4v) is 4.05. The Kier molecular flexibility index (Phi) is 8.60. The summed E-state index contributed by atoms with van der Waals surface area (Å²) in [5.41, 5.74) is 1.74. The zero-order chi connectivity index (χ0) is 23.1. The third-order valence-corrected chi connectivity index (χ3v) is 6.06. The minimum Gasteiger partial charge on any atom is -0.508 e. The van der Waals surface area contributed by atoms with E-state index in [2.05, 4.69) is 22.1 Å². The second kappa shape index (κ2) is 11.4. The SMILES string of the molecule is C[C@@H]1CN([C@@H](C)CO)C(=O)CCCn2nncc2CO[C@H]1CN(C)Cc1ccccc1O. The molecule has 1 aliphatic rings. The van der Waals surface area contributed by atoms with Crippen LogP contribution in [0.5, 0.6) is 5.75 Å². The average molecular weight is 446 g/mol. The number of phenolic OH excluding ortho intramolecular Hbond substituents is 1. The maximum atomic E-state index is 12.9. The number of hydrogen-bond donors (Lipinski definition) is 2. The van der Waals surface area contributed by atoms with Gasteiger partial charge in [0.05, 0.1) is 37.3 Å². The van der Waals surface area contributed by atoms with Crippen LogP contribution in [0.3, 0.4) is 0 Å². The second-order valence-corrected chi connectivity index (χ2v) is 8.78. The van der Waals surface area contributed by atoms with Crippen LogP contribution in [0.2, 0.25) is 0 Å². The predicted molar refractivity (Wildman–Crippen MR) is 120 cm³/mol. The van der Waals surface area contributed by atoms with Gasteiger partial charge in [0.1, 0.15) is 5.75 Å². The van der Waals surface area contributed by atoms with E-state index in [9.17, 15) is 15.0 Å². The van der Waals surface area contributed by atoms with Gasteiger partial charge in [-0.05, 0) is 26.5 Å². The molecule has 3 atom stereocenters. The van der Waals surface area contributed by atoms with Crippen LogP contribution >= 0.6 is 0 Å². The minimum atomic E-state index is -0.255. The third-order valence-electron chi connectivity index (χ3n) is 6.06. The highest BCUT2D eigenvalue weighted by Crippen LogP contribution is 2.21. The summed E-state index contributed by atoms with van der Waals surface area (Å²) in [5.74, 6) is 0.334. The van der Waals surface area contributed by atoms with Crippen molar-refractivity contribution in [3.63, 3.8) is 0 Å². The summed E-state index contributed by atoms with van der Waals surface area (Å²) in [5, 5.41) is 28.0. The van der Waals surface area contributed by atoms with Crippen LogP contribution in [0.1, 0.15) is 37.9 Å². The molecule has 1 aliphatic heterocycles. The molecule has 0 saturated heterocycles. The Morgan fingerprint density at radius 1 is 1.34 bits per heavy atom. The number of nitrogens with zero attached hydrogens (tertiary/aromatic N) is 5. The molecule has 2 heterocycles. The van der Waals surface area contributed by atoms with Crippen molar-refractivity contribution in [2.45, 2.75) is 58.5 Å². The highest BCUT2D eigenvalue weighted by molar-refractivity contribution is 5.76. The second-order valence-electron chi connectivity index (χ2n) is 8.78. The van der Waals surface area contributed by atoms with E-state index in [0.29, 0.717) is 45.6 Å². The number of carbonyl (C=O) groups excluding carboxylic acids is 1. The molecule has 1 aromatic heterocycles. The Labute approximate surface area is 189 Å². The molecule has 3 rings (SSSR count). The van der Waals surface area contributed by atoms with E-state index < -0.39 is 0 Å². The first-order valence-electron chi connectivity index (χ1n) is 11.2. The van der Waals surface area contributed by atoms with E-state index in [1.165, 1.54) is 0 Å². The van der Waals surface area contributed by atoms with Gasteiger partial charge < -0.3 is 19.8 Å². The number of aliphatic hydroxyl groups excluding tert-OH is 1. The van der Waals surface area contributed by atoms with E-state index in [0.717, 1.165) is 11.3 Å². The predicted octanol–water partition coefficient (Wildman–Crippen LogP) is 1.64. The number of aryl methyl sites for hydroxylation is 1. The Morgan fingerprint density at radius 3 is 2.88 bits per heavy atom. The largest absolute Gasteiger partial charge is 0.508 e. The van der Waals surface area contributed by atoms with Crippen LogP contribution in [0.4, 0.5) is 0 Å². The van der Waals surface area contributed by atoms with Crippen molar-refractivity contribution < 1.29 is 19.7 Å². The van der Waals surface area contributed by atoms with Crippen molar-refractivity contribution in [3.8, 4) is 5.75 Å². The number of amides is 1. The molecule has 0 spiro atoms. The fourth-order valence-electron chi connectivity index (χ4n) is 4.05. The fraction of sp³-hybridized carbons (Fsp3) is 0.609. The Morgan fingerprint density at radius 2 is 2.12 bits per heavy atom. The number of aliphatic hydroxyl groups is 1. The molecule has 1 amide bonds. The molecule has 2 N–H and O–H groups in total. The standard InChI is InChI=1S/C23H35N5O4/c1-17-12-27(18(2)15-29)23(31)9-6-10-28-20(11-24-25-28)16-32-22(17)14-26(3)13-19-7-4-5-8-21(19)30/h4-5,7-8,11,17-18,22,29-30H,6,9-10,12-16H2,1-3H3/t17-,18+,22+/m1/s1. The molecule has 1 aromatic carbocycles. The summed E-state index contributed by atoms with van der Waals surface area (Å²) in [4.78, 5) is 16.8. The quantitative estimate of drug-likeness (QED) is 0.697. The smallest absolute Gasteiger partial charge is 0.222 e. The average Bonchev–Trinajstić information content (AvgIpc) is 3.22. The molecule has 0 saturated carbocycles. The number of hydrogen-bond acceptors (Lipinski definition) is 7. The normalized spacial score (nSPS) is 21.7. The lowest BCUT2D eigenvalue weighted by Crippen LogP contribution is -2.47. The molecule has 0 aliphatic carbocycles. The molecule has 0 fully saturated rings. The van der Waals surface area contributed by atoms with Gasteiger partial charge in [-0.2, -0.15) is 0 Å². The number of benzene rings is 1. The summed E-state index contributed by atoms with van der Waals surface area (Å²) in [6.45, 7) is 6.55.